The molecule has 0 aromatic carbocycles. The van der Waals surface area contributed by atoms with Gasteiger partial charge in [-0.2, -0.15) is 0 Å². The molecule has 0 aromatic rings. The van der Waals surface area contributed by atoms with Crippen molar-refractivity contribution in [2.75, 3.05) is 37.9 Å². The first kappa shape index (κ1) is 13.2. The largest absolute Gasteiger partial charge is 0.381 e. The lowest BCUT2D eigenvalue weighted by Crippen LogP contribution is -2.32. The summed E-state index contributed by atoms with van der Waals surface area (Å²) >= 11 is 5.70. The summed E-state index contributed by atoms with van der Waals surface area (Å²) in [6.45, 7) is 3.86. The van der Waals surface area contributed by atoms with Crippen LogP contribution in [0.4, 0.5) is 0 Å². The van der Waals surface area contributed by atoms with Crippen molar-refractivity contribution in [1.29, 1.82) is 0 Å². The van der Waals surface area contributed by atoms with Crippen molar-refractivity contribution in [1.82, 2.24) is 4.31 Å². The van der Waals surface area contributed by atoms with E-state index in [1.807, 2.05) is 6.92 Å². The number of ether oxygens (including phenoxy) is 1. The Morgan fingerprint density at radius 1 is 1.53 bits per heavy atom. The highest BCUT2D eigenvalue weighted by molar-refractivity contribution is 7.89. The quantitative estimate of drug-likeness (QED) is 0.524. The zero-order valence-electron chi connectivity index (χ0n) is 8.99. The highest BCUT2D eigenvalue weighted by Crippen LogP contribution is 2.20. The molecule has 0 saturated carbocycles. The van der Waals surface area contributed by atoms with Gasteiger partial charge in [-0.1, -0.05) is 0 Å². The topological polar surface area (TPSA) is 46.6 Å². The Kier molecular flexibility index (Phi) is 5.32. The fourth-order valence-electron chi connectivity index (χ4n) is 1.61. The molecular formula is C9H18ClNO3S. The minimum Gasteiger partial charge on any atom is -0.381 e. The van der Waals surface area contributed by atoms with Gasteiger partial charge in [0.2, 0.25) is 10.0 Å². The van der Waals surface area contributed by atoms with E-state index in [1.165, 1.54) is 4.31 Å². The molecule has 15 heavy (non-hydrogen) atoms. The summed E-state index contributed by atoms with van der Waals surface area (Å²) in [7, 11) is -3.13. The fraction of sp³-hybridized carbons (Fsp3) is 1.00. The normalized spacial score (nSPS) is 23.5. The van der Waals surface area contributed by atoms with Crippen molar-refractivity contribution in [3.63, 3.8) is 0 Å². The molecule has 0 radical (unpaired) electrons. The van der Waals surface area contributed by atoms with Gasteiger partial charge >= 0.3 is 0 Å². The zero-order chi connectivity index (χ0) is 11.3. The van der Waals surface area contributed by atoms with E-state index in [0.717, 1.165) is 6.42 Å². The molecule has 6 heteroatoms. The van der Waals surface area contributed by atoms with Crippen molar-refractivity contribution < 1.29 is 13.2 Å². The van der Waals surface area contributed by atoms with E-state index in [4.69, 9.17) is 16.3 Å². The Morgan fingerprint density at radius 2 is 2.27 bits per heavy atom. The second kappa shape index (κ2) is 6.03. The summed E-state index contributed by atoms with van der Waals surface area (Å²) in [6, 6.07) is 0. The summed E-state index contributed by atoms with van der Waals surface area (Å²) < 4.78 is 30.1. The maximum absolute atomic E-state index is 11.8. The van der Waals surface area contributed by atoms with Crippen LogP contribution in [0.5, 0.6) is 0 Å². The van der Waals surface area contributed by atoms with Crippen LogP contribution >= 0.6 is 11.6 Å². The summed E-state index contributed by atoms with van der Waals surface area (Å²) in [5, 5.41) is 0. The number of hydrogen-bond donors (Lipinski definition) is 0. The first-order valence-corrected chi connectivity index (χ1v) is 7.36. The lowest BCUT2D eigenvalue weighted by Gasteiger charge is -2.15. The van der Waals surface area contributed by atoms with Crippen molar-refractivity contribution in [3.8, 4) is 0 Å². The Hall–Kier alpha value is 0.160. The minimum atomic E-state index is -3.13. The van der Waals surface area contributed by atoms with Crippen LogP contribution in [0.15, 0.2) is 0 Å². The van der Waals surface area contributed by atoms with E-state index < -0.39 is 10.0 Å². The first-order valence-electron chi connectivity index (χ1n) is 5.21. The smallest absolute Gasteiger partial charge is 0.216 e. The molecule has 1 heterocycles. The number of sulfonamides is 1. The van der Waals surface area contributed by atoms with Gasteiger partial charge in [0, 0.05) is 25.6 Å². The zero-order valence-corrected chi connectivity index (χ0v) is 10.6. The van der Waals surface area contributed by atoms with Gasteiger partial charge in [0.15, 0.2) is 0 Å². The van der Waals surface area contributed by atoms with E-state index in [1.54, 1.807) is 0 Å². The number of rotatable bonds is 6. The standard InChI is InChI=1S/C9H18ClNO3S/c1-2-14-5-6-15(12,13)11-4-3-9(7-10)8-11/h9H,2-8H2,1H3. The third-order valence-electron chi connectivity index (χ3n) is 2.55. The second-order valence-electron chi connectivity index (χ2n) is 3.68. The number of halogens is 1. The Labute approximate surface area is 96.6 Å². The van der Waals surface area contributed by atoms with Crippen molar-refractivity contribution in [2.24, 2.45) is 5.92 Å². The predicted octanol–water partition coefficient (Wildman–Crippen LogP) is 0.913. The Morgan fingerprint density at radius 3 is 2.80 bits per heavy atom. The van der Waals surface area contributed by atoms with Gasteiger partial charge in [0.1, 0.15) is 0 Å². The Bertz CT molecular complexity index is 281. The lowest BCUT2D eigenvalue weighted by atomic mass is 10.2. The molecule has 1 aliphatic rings. The van der Waals surface area contributed by atoms with Gasteiger partial charge < -0.3 is 4.74 Å². The maximum atomic E-state index is 11.8. The average Bonchev–Trinajstić information content (AvgIpc) is 2.66. The van der Waals surface area contributed by atoms with Crippen LogP contribution in [0.25, 0.3) is 0 Å². The van der Waals surface area contributed by atoms with Crippen LogP contribution in [0, 0.1) is 5.92 Å². The molecule has 4 nitrogen and oxygen atoms in total. The highest BCUT2D eigenvalue weighted by Gasteiger charge is 2.30. The monoisotopic (exact) mass is 255 g/mol. The number of alkyl halides is 1. The minimum absolute atomic E-state index is 0.0792. The molecule has 1 saturated heterocycles. The maximum Gasteiger partial charge on any atom is 0.216 e. The SMILES string of the molecule is CCOCCS(=O)(=O)N1CCC(CCl)C1. The van der Waals surface area contributed by atoms with Crippen molar-refractivity contribution in [3.05, 3.63) is 0 Å². The molecule has 1 rings (SSSR count). The van der Waals surface area contributed by atoms with Gasteiger partial charge in [-0.05, 0) is 19.3 Å². The van der Waals surface area contributed by atoms with Gasteiger partial charge in [-0.3, -0.25) is 0 Å². The van der Waals surface area contributed by atoms with E-state index in [-0.39, 0.29) is 12.4 Å². The molecule has 1 atom stereocenters. The van der Waals surface area contributed by atoms with E-state index in [0.29, 0.717) is 31.5 Å². The van der Waals surface area contributed by atoms with Crippen LogP contribution < -0.4 is 0 Å². The summed E-state index contributed by atoms with van der Waals surface area (Å²) in [5.74, 6) is 0.932. The molecule has 90 valence electrons. The van der Waals surface area contributed by atoms with E-state index >= 15 is 0 Å². The molecular weight excluding hydrogens is 238 g/mol. The third kappa shape index (κ3) is 3.90. The lowest BCUT2D eigenvalue weighted by molar-refractivity contribution is 0.162. The van der Waals surface area contributed by atoms with Gasteiger partial charge in [0.25, 0.3) is 0 Å². The molecule has 1 unspecified atom stereocenters. The first-order chi connectivity index (χ1) is 7.10. The second-order valence-corrected chi connectivity index (χ2v) is 6.08. The molecule has 0 spiro atoms. The van der Waals surface area contributed by atoms with Gasteiger partial charge in [0.05, 0.1) is 12.4 Å². The molecule has 1 fully saturated rings. The molecule has 0 bridgehead atoms. The summed E-state index contributed by atoms with van der Waals surface area (Å²) in [5.41, 5.74) is 0. The van der Waals surface area contributed by atoms with Gasteiger partial charge in [-0.15, -0.1) is 11.6 Å². The molecule has 1 aliphatic heterocycles. The third-order valence-corrected chi connectivity index (χ3v) is 4.79. The van der Waals surface area contributed by atoms with Gasteiger partial charge in [-0.25, -0.2) is 12.7 Å². The van der Waals surface area contributed by atoms with Crippen LogP contribution in [0.2, 0.25) is 0 Å². The van der Waals surface area contributed by atoms with Crippen LogP contribution in [0.3, 0.4) is 0 Å². The fourth-order valence-corrected chi connectivity index (χ4v) is 3.27. The van der Waals surface area contributed by atoms with Crippen LogP contribution in [-0.2, 0) is 14.8 Å². The van der Waals surface area contributed by atoms with Crippen LogP contribution in [0.1, 0.15) is 13.3 Å². The molecule has 0 N–H and O–H groups in total. The molecule has 0 amide bonds. The summed E-state index contributed by atoms with van der Waals surface area (Å²) in [6.07, 6.45) is 0.872. The average molecular weight is 256 g/mol. The summed E-state index contributed by atoms with van der Waals surface area (Å²) in [4.78, 5) is 0. The Balaban J connectivity index is 2.41. The van der Waals surface area contributed by atoms with Crippen molar-refractivity contribution in [2.45, 2.75) is 13.3 Å². The van der Waals surface area contributed by atoms with Crippen LogP contribution in [-0.4, -0.2) is 50.7 Å². The number of nitrogens with zero attached hydrogens (tertiary/aromatic N) is 1. The van der Waals surface area contributed by atoms with Crippen molar-refractivity contribution >= 4 is 21.6 Å². The highest BCUT2D eigenvalue weighted by atomic mass is 35.5. The van der Waals surface area contributed by atoms with E-state index in [9.17, 15) is 8.42 Å². The van der Waals surface area contributed by atoms with E-state index in [2.05, 4.69) is 0 Å². The molecule has 0 aromatic heterocycles. The number of hydrogen-bond acceptors (Lipinski definition) is 3. The predicted molar refractivity (Wildman–Crippen MR) is 60.7 cm³/mol. The molecule has 0 aliphatic carbocycles.